The second-order valence-electron chi connectivity index (χ2n) is 8.42. The molecule has 1 heterocycles. The van der Waals surface area contributed by atoms with Crippen molar-refractivity contribution in [3.8, 4) is 17.2 Å². The highest BCUT2D eigenvalue weighted by molar-refractivity contribution is 5.99. The first-order valence-corrected chi connectivity index (χ1v) is 11.9. The van der Waals surface area contributed by atoms with Gasteiger partial charge in [-0.2, -0.15) is 0 Å². The van der Waals surface area contributed by atoms with Gasteiger partial charge in [0.2, 0.25) is 0 Å². The van der Waals surface area contributed by atoms with Crippen LogP contribution in [0.5, 0.6) is 17.2 Å². The van der Waals surface area contributed by atoms with Gasteiger partial charge in [0.25, 0.3) is 0 Å². The second kappa shape index (κ2) is 12.2. The molecule has 0 aliphatic rings. The van der Waals surface area contributed by atoms with E-state index in [2.05, 4.69) is 4.98 Å². The minimum absolute atomic E-state index is 0.0250. The van der Waals surface area contributed by atoms with Crippen molar-refractivity contribution in [2.75, 3.05) is 13.7 Å². The number of benzene rings is 2. The van der Waals surface area contributed by atoms with E-state index in [-0.39, 0.29) is 31.5 Å². The summed E-state index contributed by atoms with van der Waals surface area (Å²) in [5.74, 6) is 0.715. The monoisotopic (exact) mass is 479 g/mol. The van der Waals surface area contributed by atoms with Crippen LogP contribution in [-0.4, -0.2) is 36.6 Å². The highest BCUT2D eigenvalue weighted by atomic mass is 16.5. The van der Waals surface area contributed by atoms with E-state index in [4.69, 9.17) is 18.9 Å². The van der Waals surface area contributed by atoms with E-state index in [9.17, 15) is 9.59 Å². The lowest BCUT2D eigenvalue weighted by Gasteiger charge is -2.17. The number of pyridine rings is 1. The lowest BCUT2D eigenvalue weighted by Crippen LogP contribution is -2.27. The summed E-state index contributed by atoms with van der Waals surface area (Å²) in [5, 5.41) is 0.861. The Kier molecular flexibility index (Phi) is 9.06. The predicted octanol–water partition coefficient (Wildman–Crippen LogP) is 5.31. The van der Waals surface area contributed by atoms with E-state index >= 15 is 0 Å². The van der Waals surface area contributed by atoms with Crippen LogP contribution >= 0.6 is 0 Å². The molecule has 35 heavy (non-hydrogen) atoms. The molecule has 0 spiro atoms. The number of carbonyl (C=O) groups excluding carboxylic acids is 2. The van der Waals surface area contributed by atoms with Gasteiger partial charge in [-0.3, -0.25) is 14.6 Å². The number of esters is 1. The van der Waals surface area contributed by atoms with Gasteiger partial charge in [0, 0.05) is 18.0 Å². The summed E-state index contributed by atoms with van der Waals surface area (Å²) < 4.78 is 22.6. The molecule has 0 aliphatic heterocycles. The molecule has 0 bridgehead atoms. The minimum Gasteiger partial charge on any atom is -0.497 e. The average Bonchev–Trinajstić information content (AvgIpc) is 2.86. The molecule has 1 aromatic heterocycles. The largest absolute Gasteiger partial charge is 0.497 e. The molecule has 2 aromatic carbocycles. The third kappa shape index (κ3) is 6.72. The fraction of sp³-hybridized carbons (Fsp3) is 0.393. The molecule has 1 unspecified atom stereocenters. The Morgan fingerprint density at radius 3 is 2.34 bits per heavy atom. The number of aromatic nitrogens is 1. The van der Waals surface area contributed by atoms with Gasteiger partial charge in [-0.25, -0.2) is 0 Å². The zero-order chi connectivity index (χ0) is 25.4. The summed E-state index contributed by atoms with van der Waals surface area (Å²) in [4.78, 5) is 29.0. The van der Waals surface area contributed by atoms with E-state index in [1.807, 2.05) is 56.3 Å². The Balaban J connectivity index is 1.76. The molecule has 3 aromatic rings. The number of fused-ring (bicyclic) bond motifs is 1. The van der Waals surface area contributed by atoms with Crippen molar-refractivity contribution in [3.63, 3.8) is 0 Å². The number of nitrogens with zero attached hydrogens (tertiary/aromatic N) is 1. The smallest absolute Gasteiger partial charge is 0.316 e. The van der Waals surface area contributed by atoms with Crippen LogP contribution in [0.4, 0.5) is 0 Å². The van der Waals surface area contributed by atoms with Crippen LogP contribution in [0.1, 0.15) is 45.2 Å². The molecule has 0 N–H and O–H groups in total. The van der Waals surface area contributed by atoms with Crippen molar-refractivity contribution in [3.05, 3.63) is 59.8 Å². The van der Waals surface area contributed by atoms with E-state index < -0.39 is 11.9 Å². The van der Waals surface area contributed by atoms with Gasteiger partial charge in [-0.15, -0.1) is 0 Å². The van der Waals surface area contributed by atoms with Crippen LogP contribution in [0.2, 0.25) is 0 Å². The molecule has 1 atom stereocenters. The Bertz CT molecular complexity index is 1160. The Morgan fingerprint density at radius 1 is 1.00 bits per heavy atom. The molecule has 0 saturated carbocycles. The van der Waals surface area contributed by atoms with Crippen LogP contribution in [-0.2, 0) is 27.4 Å². The van der Waals surface area contributed by atoms with Gasteiger partial charge >= 0.3 is 5.97 Å². The van der Waals surface area contributed by atoms with E-state index in [0.29, 0.717) is 12.2 Å². The molecule has 186 valence electrons. The zero-order valence-corrected chi connectivity index (χ0v) is 21.0. The predicted molar refractivity (Wildman–Crippen MR) is 134 cm³/mol. The lowest BCUT2D eigenvalue weighted by molar-refractivity contribution is -0.151. The average molecular weight is 480 g/mol. The number of methoxy groups -OCH3 is 1. The van der Waals surface area contributed by atoms with Gasteiger partial charge in [0.1, 0.15) is 35.6 Å². The standard InChI is InChI=1S/C28H33NO6/c1-6-26(30)24(28(31)33-7-2)14-19-8-10-21(11-9-19)34-17-20-16-29-25-13-12-22(32-5)15-23(25)27(20)35-18(3)4/h8-13,15-16,18,24H,6-7,14,17H2,1-5H3. The number of hydrogen-bond donors (Lipinski definition) is 0. The van der Waals surface area contributed by atoms with Crippen LogP contribution in [0, 0.1) is 5.92 Å². The number of carbonyl (C=O) groups is 2. The van der Waals surface area contributed by atoms with Crippen molar-refractivity contribution in [2.24, 2.45) is 5.92 Å². The highest BCUT2D eigenvalue weighted by Gasteiger charge is 2.26. The topological polar surface area (TPSA) is 84.0 Å². The summed E-state index contributed by atoms with van der Waals surface area (Å²) in [6, 6.07) is 13.1. The Labute approximate surface area is 206 Å². The molecule has 3 rings (SSSR count). The fourth-order valence-electron chi connectivity index (χ4n) is 3.73. The normalized spacial score (nSPS) is 11.8. The first kappa shape index (κ1) is 26.0. The van der Waals surface area contributed by atoms with Crippen LogP contribution in [0.3, 0.4) is 0 Å². The van der Waals surface area contributed by atoms with Crippen molar-refractivity contribution in [1.82, 2.24) is 4.98 Å². The molecule has 0 amide bonds. The number of rotatable bonds is 12. The van der Waals surface area contributed by atoms with Gasteiger partial charge in [0.05, 0.1) is 30.9 Å². The zero-order valence-electron chi connectivity index (χ0n) is 21.0. The SMILES string of the molecule is CCOC(=O)C(Cc1ccc(OCc2cnc3ccc(OC)cc3c2OC(C)C)cc1)C(=O)CC. The Hall–Kier alpha value is -3.61. The molecular formula is C28H33NO6. The molecule has 7 heteroatoms. The Morgan fingerprint density at radius 2 is 1.71 bits per heavy atom. The molecular weight excluding hydrogens is 446 g/mol. The van der Waals surface area contributed by atoms with Gasteiger partial charge in [-0.05, 0) is 63.1 Å². The number of ketones is 1. The second-order valence-corrected chi connectivity index (χ2v) is 8.42. The lowest BCUT2D eigenvalue weighted by atomic mass is 9.94. The first-order chi connectivity index (χ1) is 16.9. The van der Waals surface area contributed by atoms with Gasteiger partial charge < -0.3 is 18.9 Å². The third-order valence-corrected chi connectivity index (χ3v) is 5.52. The summed E-state index contributed by atoms with van der Waals surface area (Å²) >= 11 is 0. The molecule has 7 nitrogen and oxygen atoms in total. The summed E-state index contributed by atoms with van der Waals surface area (Å²) in [6.45, 7) is 7.95. The summed E-state index contributed by atoms with van der Waals surface area (Å²) in [5.41, 5.74) is 2.49. The molecule has 0 radical (unpaired) electrons. The third-order valence-electron chi connectivity index (χ3n) is 5.52. The number of hydrogen-bond acceptors (Lipinski definition) is 7. The summed E-state index contributed by atoms with van der Waals surface area (Å²) in [6.07, 6.45) is 2.33. The molecule has 0 aliphatic carbocycles. The van der Waals surface area contributed by atoms with Crippen molar-refractivity contribution in [1.29, 1.82) is 0 Å². The maximum atomic E-state index is 12.2. The minimum atomic E-state index is -0.789. The number of Topliss-reactive ketones (excluding diaryl/α,β-unsaturated/α-hetero) is 1. The maximum Gasteiger partial charge on any atom is 0.316 e. The first-order valence-electron chi connectivity index (χ1n) is 11.9. The van der Waals surface area contributed by atoms with Crippen molar-refractivity contribution < 1.29 is 28.5 Å². The summed E-state index contributed by atoms with van der Waals surface area (Å²) in [7, 11) is 1.63. The fourth-order valence-corrected chi connectivity index (χ4v) is 3.73. The molecule has 0 fully saturated rings. The van der Waals surface area contributed by atoms with Crippen molar-refractivity contribution >= 4 is 22.7 Å². The van der Waals surface area contributed by atoms with E-state index in [1.54, 1.807) is 27.2 Å². The van der Waals surface area contributed by atoms with Crippen LogP contribution in [0.25, 0.3) is 10.9 Å². The van der Waals surface area contributed by atoms with Crippen LogP contribution < -0.4 is 14.2 Å². The van der Waals surface area contributed by atoms with E-state index in [0.717, 1.165) is 33.5 Å². The van der Waals surface area contributed by atoms with Gasteiger partial charge in [-0.1, -0.05) is 19.1 Å². The molecule has 0 saturated heterocycles. The quantitative estimate of drug-likeness (QED) is 0.257. The van der Waals surface area contributed by atoms with Gasteiger partial charge in [0.15, 0.2) is 0 Å². The van der Waals surface area contributed by atoms with E-state index in [1.165, 1.54) is 0 Å². The van der Waals surface area contributed by atoms with Crippen LogP contribution in [0.15, 0.2) is 48.7 Å². The highest BCUT2D eigenvalue weighted by Crippen LogP contribution is 2.33. The van der Waals surface area contributed by atoms with Crippen molar-refractivity contribution in [2.45, 2.75) is 53.2 Å². The maximum absolute atomic E-state index is 12.2. The number of ether oxygens (including phenoxy) is 4.